The molecule has 0 atom stereocenters. The molecule has 2 heterocycles. The molecule has 1 aliphatic heterocycles. The molecule has 170 valence electrons. The Balaban J connectivity index is 1.40. The zero-order chi connectivity index (χ0) is 23.2. The highest BCUT2D eigenvalue weighted by atomic mass is 35.5. The van der Waals surface area contributed by atoms with E-state index in [-0.39, 0.29) is 0 Å². The smallest absolute Gasteiger partial charge is 0.228 e. The summed E-state index contributed by atoms with van der Waals surface area (Å²) in [5, 5.41) is 7.50. The van der Waals surface area contributed by atoms with Gasteiger partial charge in [-0.2, -0.15) is 0 Å². The van der Waals surface area contributed by atoms with Crippen LogP contribution >= 0.6 is 11.6 Å². The topological polar surface area (TPSA) is 32.5 Å². The number of aromatic nitrogens is 1. The molecule has 34 heavy (non-hydrogen) atoms. The lowest BCUT2D eigenvalue weighted by atomic mass is 10.0. The third-order valence-corrected chi connectivity index (χ3v) is 6.26. The maximum absolute atomic E-state index is 6.41. The van der Waals surface area contributed by atoms with Crippen LogP contribution in [-0.4, -0.2) is 23.1 Å². The zero-order valence-electron chi connectivity index (χ0n) is 18.8. The highest BCUT2D eigenvalue weighted by Crippen LogP contribution is 2.31. The van der Waals surface area contributed by atoms with E-state index < -0.39 is 0 Å². The molecule has 3 aromatic carbocycles. The molecule has 5 rings (SSSR count). The number of allylic oxidation sites excluding steroid dienone is 4. The van der Waals surface area contributed by atoms with Crippen LogP contribution in [-0.2, 0) is 6.54 Å². The van der Waals surface area contributed by atoms with Crippen LogP contribution in [0.1, 0.15) is 12.0 Å². The Morgan fingerprint density at radius 1 is 0.853 bits per heavy atom. The van der Waals surface area contributed by atoms with E-state index in [0.29, 0.717) is 5.02 Å². The molecule has 0 fully saturated rings. The van der Waals surface area contributed by atoms with Crippen LogP contribution in [0, 0.1) is 0 Å². The highest BCUT2D eigenvalue weighted by Gasteiger charge is 2.17. The molecule has 4 aromatic rings. The average Bonchev–Trinajstić information content (AvgIpc) is 3.20. The van der Waals surface area contributed by atoms with Crippen LogP contribution in [0.15, 0.2) is 114 Å². The van der Waals surface area contributed by atoms with Gasteiger partial charge in [0.1, 0.15) is 5.69 Å². The second-order valence-electron chi connectivity index (χ2n) is 8.25. The number of anilines is 1. The first-order valence-corrected chi connectivity index (χ1v) is 11.9. The molecule has 0 N–H and O–H groups in total. The maximum atomic E-state index is 6.41. The third-order valence-electron chi connectivity index (χ3n) is 5.93. The van der Waals surface area contributed by atoms with E-state index in [9.17, 15) is 0 Å². The summed E-state index contributed by atoms with van der Waals surface area (Å²) in [6, 6.07) is 24.7. The summed E-state index contributed by atoms with van der Waals surface area (Å²) in [4.78, 5) is 4.46. The van der Waals surface area contributed by atoms with Gasteiger partial charge in [-0.3, -0.25) is 0 Å². The van der Waals surface area contributed by atoms with Crippen molar-refractivity contribution in [3.05, 3.63) is 120 Å². The van der Waals surface area contributed by atoms with Gasteiger partial charge in [-0.05, 0) is 41.0 Å². The lowest BCUT2D eigenvalue weighted by Gasteiger charge is -2.24. The minimum Gasteiger partial charge on any atom is -0.354 e. The fraction of sp³-hybridized carbons (Fsp3) is 0.138. The molecule has 0 unspecified atom stereocenters. The molecular weight excluding hydrogens is 442 g/mol. The standard InChI is InChI=1S/C29H26ClN3O/c30-27-16-6-5-15-26(27)28-21-29(34-31-28)33(20-10-19-32-17-7-1-2-8-18-32)22-24-13-9-12-23-11-3-4-14-25(23)24/h1-9,11-18,21H,10,19-20,22H2. The Kier molecular flexibility index (Phi) is 6.78. The van der Waals surface area contributed by atoms with Crippen LogP contribution < -0.4 is 4.90 Å². The van der Waals surface area contributed by atoms with Crippen molar-refractivity contribution in [3.63, 3.8) is 0 Å². The Morgan fingerprint density at radius 2 is 1.62 bits per heavy atom. The van der Waals surface area contributed by atoms with Gasteiger partial charge in [0.05, 0.1) is 5.02 Å². The van der Waals surface area contributed by atoms with Gasteiger partial charge in [0.25, 0.3) is 0 Å². The summed E-state index contributed by atoms with van der Waals surface area (Å²) < 4.78 is 5.85. The van der Waals surface area contributed by atoms with E-state index in [1.807, 2.05) is 42.5 Å². The number of benzene rings is 3. The van der Waals surface area contributed by atoms with Crippen LogP contribution in [0.25, 0.3) is 22.0 Å². The zero-order valence-corrected chi connectivity index (χ0v) is 19.6. The molecule has 0 spiro atoms. The highest BCUT2D eigenvalue weighted by molar-refractivity contribution is 6.33. The fourth-order valence-corrected chi connectivity index (χ4v) is 4.44. The van der Waals surface area contributed by atoms with Crippen LogP contribution in [0.5, 0.6) is 0 Å². The van der Waals surface area contributed by atoms with Crippen molar-refractivity contribution in [2.75, 3.05) is 18.0 Å². The quantitative estimate of drug-likeness (QED) is 0.269. The van der Waals surface area contributed by atoms with Gasteiger partial charge in [0, 0.05) is 43.7 Å². The molecule has 0 bridgehead atoms. The number of nitrogens with zero attached hydrogens (tertiary/aromatic N) is 3. The van der Waals surface area contributed by atoms with Crippen molar-refractivity contribution in [1.82, 2.24) is 10.1 Å². The molecule has 1 aromatic heterocycles. The van der Waals surface area contributed by atoms with Crippen molar-refractivity contribution in [2.45, 2.75) is 13.0 Å². The molecule has 0 saturated heterocycles. The second-order valence-corrected chi connectivity index (χ2v) is 8.66. The summed E-state index contributed by atoms with van der Waals surface area (Å²) in [5.74, 6) is 0.742. The van der Waals surface area contributed by atoms with Gasteiger partial charge in [0.2, 0.25) is 5.88 Å². The van der Waals surface area contributed by atoms with Gasteiger partial charge in [-0.25, -0.2) is 0 Å². The van der Waals surface area contributed by atoms with Crippen LogP contribution in [0.4, 0.5) is 5.88 Å². The molecule has 0 saturated carbocycles. The fourth-order valence-electron chi connectivity index (χ4n) is 4.21. The van der Waals surface area contributed by atoms with Crippen LogP contribution in [0.2, 0.25) is 5.02 Å². The molecule has 0 radical (unpaired) electrons. The maximum Gasteiger partial charge on any atom is 0.228 e. The molecule has 1 aliphatic rings. The first-order chi connectivity index (χ1) is 16.8. The van der Waals surface area contributed by atoms with E-state index >= 15 is 0 Å². The Morgan fingerprint density at radius 3 is 2.47 bits per heavy atom. The summed E-state index contributed by atoms with van der Waals surface area (Å²) in [5.41, 5.74) is 2.87. The number of hydrogen-bond acceptors (Lipinski definition) is 4. The van der Waals surface area contributed by atoms with E-state index in [1.165, 1.54) is 16.3 Å². The van der Waals surface area contributed by atoms with Crippen molar-refractivity contribution in [2.24, 2.45) is 0 Å². The van der Waals surface area contributed by atoms with Gasteiger partial charge >= 0.3 is 0 Å². The molecular formula is C29H26ClN3O. The van der Waals surface area contributed by atoms with Crippen LogP contribution in [0.3, 0.4) is 0 Å². The van der Waals surface area contributed by atoms with Gasteiger partial charge < -0.3 is 14.3 Å². The van der Waals surface area contributed by atoms with E-state index in [1.54, 1.807) is 0 Å². The third kappa shape index (κ3) is 5.08. The summed E-state index contributed by atoms with van der Waals surface area (Å²) in [6.45, 7) is 2.46. The minimum atomic E-state index is 0.663. The predicted octanol–water partition coefficient (Wildman–Crippen LogP) is 7.44. The lowest BCUT2D eigenvalue weighted by molar-refractivity contribution is 0.411. The molecule has 0 amide bonds. The average molecular weight is 468 g/mol. The van der Waals surface area contributed by atoms with Gasteiger partial charge in [-0.1, -0.05) is 89.6 Å². The lowest BCUT2D eigenvalue weighted by Crippen LogP contribution is -2.26. The van der Waals surface area contributed by atoms with Crippen molar-refractivity contribution in [3.8, 4) is 11.3 Å². The molecule has 4 nitrogen and oxygen atoms in total. The minimum absolute atomic E-state index is 0.663. The van der Waals surface area contributed by atoms with Crippen molar-refractivity contribution < 1.29 is 4.52 Å². The molecule has 5 heteroatoms. The first kappa shape index (κ1) is 22.1. The summed E-state index contributed by atoms with van der Waals surface area (Å²) >= 11 is 6.41. The Bertz CT molecular complexity index is 1330. The van der Waals surface area contributed by atoms with E-state index in [2.05, 4.69) is 82.0 Å². The molecule has 0 aliphatic carbocycles. The van der Waals surface area contributed by atoms with Crippen molar-refractivity contribution in [1.29, 1.82) is 0 Å². The largest absolute Gasteiger partial charge is 0.354 e. The normalized spacial score (nSPS) is 12.9. The van der Waals surface area contributed by atoms with Gasteiger partial charge in [-0.15, -0.1) is 0 Å². The monoisotopic (exact) mass is 467 g/mol. The van der Waals surface area contributed by atoms with E-state index in [4.69, 9.17) is 16.1 Å². The Labute approximate surface area is 205 Å². The first-order valence-electron chi connectivity index (χ1n) is 11.5. The number of rotatable bonds is 8. The predicted molar refractivity (Wildman–Crippen MR) is 141 cm³/mol. The number of halogens is 1. The van der Waals surface area contributed by atoms with Gasteiger partial charge in [0.15, 0.2) is 0 Å². The Hall–Kier alpha value is -3.76. The van der Waals surface area contributed by atoms with E-state index in [0.717, 1.165) is 43.2 Å². The SMILES string of the molecule is Clc1ccccc1-c1cc(N(CCCN2C=CC=CC=C2)Cc2cccc3ccccc23)on1. The van der Waals surface area contributed by atoms with Crippen molar-refractivity contribution >= 4 is 28.3 Å². The number of hydrogen-bond donors (Lipinski definition) is 0. The number of fused-ring (bicyclic) bond motifs is 1. The summed E-state index contributed by atoms with van der Waals surface area (Å²) in [7, 11) is 0. The second kappa shape index (κ2) is 10.4. The summed E-state index contributed by atoms with van der Waals surface area (Å²) in [6.07, 6.45) is 13.3.